The highest BCUT2D eigenvalue weighted by Gasteiger charge is 2.59. The molecular formula is C16H19FN2O5S. The zero-order valence-corrected chi connectivity index (χ0v) is 14.5. The molecule has 2 aliphatic rings. The summed E-state index contributed by atoms with van der Waals surface area (Å²) in [5.74, 6) is -2.15. The smallest absolute Gasteiger partial charge is 0.313 e. The van der Waals surface area contributed by atoms with Gasteiger partial charge in [-0.3, -0.25) is 9.59 Å². The number of amides is 1. The molecule has 25 heavy (non-hydrogen) atoms. The average molecular weight is 370 g/mol. The number of sulfonamides is 1. The van der Waals surface area contributed by atoms with E-state index in [1.54, 1.807) is 0 Å². The molecule has 0 spiro atoms. The van der Waals surface area contributed by atoms with Gasteiger partial charge in [-0.05, 0) is 17.7 Å². The lowest BCUT2D eigenvalue weighted by Crippen LogP contribution is -2.43. The third kappa shape index (κ3) is 3.25. The van der Waals surface area contributed by atoms with E-state index in [9.17, 15) is 27.5 Å². The Morgan fingerprint density at radius 3 is 2.40 bits per heavy atom. The van der Waals surface area contributed by atoms with Crippen LogP contribution in [0.4, 0.5) is 4.39 Å². The Hall–Kier alpha value is -2.00. The molecular weight excluding hydrogens is 351 g/mol. The number of benzene rings is 1. The topological polar surface area (TPSA) is 95.0 Å². The second kappa shape index (κ2) is 6.06. The van der Waals surface area contributed by atoms with Crippen LogP contribution in [0.5, 0.6) is 0 Å². The van der Waals surface area contributed by atoms with Gasteiger partial charge >= 0.3 is 5.97 Å². The van der Waals surface area contributed by atoms with E-state index >= 15 is 0 Å². The minimum absolute atomic E-state index is 0.0148. The number of hydrogen-bond donors (Lipinski definition) is 1. The van der Waals surface area contributed by atoms with Crippen molar-refractivity contribution in [1.82, 2.24) is 9.21 Å². The zero-order valence-electron chi connectivity index (χ0n) is 13.7. The summed E-state index contributed by atoms with van der Waals surface area (Å²) in [4.78, 5) is 25.8. The average Bonchev–Trinajstić information content (AvgIpc) is 3.04. The predicted octanol–water partition coefficient (Wildman–Crippen LogP) is 0.173. The monoisotopic (exact) mass is 370 g/mol. The number of fused-ring (bicyclic) bond motifs is 1. The van der Waals surface area contributed by atoms with Crippen LogP contribution in [-0.4, -0.2) is 67.0 Å². The van der Waals surface area contributed by atoms with Crippen LogP contribution in [0.2, 0.25) is 0 Å². The Kier molecular flexibility index (Phi) is 4.32. The van der Waals surface area contributed by atoms with Crippen LogP contribution >= 0.6 is 0 Å². The molecule has 9 heteroatoms. The van der Waals surface area contributed by atoms with E-state index in [0.717, 1.165) is 6.26 Å². The van der Waals surface area contributed by atoms with Gasteiger partial charge in [0.15, 0.2) is 0 Å². The van der Waals surface area contributed by atoms with Crippen LogP contribution in [0.25, 0.3) is 0 Å². The van der Waals surface area contributed by atoms with Crippen molar-refractivity contribution in [3.8, 4) is 0 Å². The summed E-state index contributed by atoms with van der Waals surface area (Å²) in [6, 6.07) is 5.57. The number of carbonyl (C=O) groups is 2. The number of rotatable bonds is 4. The van der Waals surface area contributed by atoms with Crippen molar-refractivity contribution in [3.05, 3.63) is 35.6 Å². The number of carboxylic acids is 1. The second-order valence-corrected chi connectivity index (χ2v) is 8.77. The molecule has 1 aromatic carbocycles. The number of carbonyl (C=O) groups excluding carboxylic acids is 1. The van der Waals surface area contributed by atoms with Crippen molar-refractivity contribution < 1.29 is 27.5 Å². The van der Waals surface area contributed by atoms with E-state index in [-0.39, 0.29) is 38.5 Å². The maximum absolute atomic E-state index is 12.9. The molecule has 2 atom stereocenters. The van der Waals surface area contributed by atoms with Crippen molar-refractivity contribution in [1.29, 1.82) is 0 Å². The Morgan fingerprint density at radius 1 is 1.24 bits per heavy atom. The highest BCUT2D eigenvalue weighted by molar-refractivity contribution is 7.88. The van der Waals surface area contributed by atoms with E-state index in [1.807, 2.05) is 0 Å². The number of aliphatic carboxylic acids is 1. The van der Waals surface area contributed by atoms with Crippen LogP contribution in [0.1, 0.15) is 5.56 Å². The number of halogens is 1. The van der Waals surface area contributed by atoms with Gasteiger partial charge < -0.3 is 10.0 Å². The number of carboxylic acid groups (broad SMARTS) is 1. The number of hydrogen-bond acceptors (Lipinski definition) is 4. The fraction of sp³-hybridized carbons (Fsp3) is 0.500. The van der Waals surface area contributed by atoms with Gasteiger partial charge in [-0.15, -0.1) is 0 Å². The standard InChI is InChI=1S/C16H19FN2O5S/c1-25(23,24)19-8-12-7-18(9-16(12,10-19)15(21)22)14(20)6-11-2-4-13(17)5-3-11/h2-5,12H,6-10H2,1H3,(H,21,22)/t12-,16-/m1/s1. The molecule has 1 amide bonds. The molecule has 0 saturated carbocycles. The molecule has 2 heterocycles. The molecule has 0 radical (unpaired) electrons. The SMILES string of the molecule is CS(=O)(=O)N1C[C@H]2CN(C(=O)Cc3ccc(F)cc3)C[C@@]2(C(=O)O)C1. The number of likely N-dealkylation sites (tertiary alicyclic amines) is 1. The molecule has 0 bridgehead atoms. The van der Waals surface area contributed by atoms with E-state index in [0.29, 0.717) is 5.56 Å². The van der Waals surface area contributed by atoms with Crippen molar-refractivity contribution in [3.63, 3.8) is 0 Å². The lowest BCUT2D eigenvalue weighted by Gasteiger charge is -2.24. The lowest BCUT2D eigenvalue weighted by atomic mass is 9.81. The summed E-state index contributed by atoms with van der Waals surface area (Å²) in [5.41, 5.74) is -0.618. The molecule has 0 aliphatic carbocycles. The van der Waals surface area contributed by atoms with Crippen LogP contribution in [0.3, 0.4) is 0 Å². The first-order chi connectivity index (χ1) is 11.6. The normalized spacial score (nSPS) is 26.6. The summed E-state index contributed by atoms with van der Waals surface area (Å²) in [5, 5.41) is 9.68. The van der Waals surface area contributed by atoms with Gasteiger partial charge in [0.2, 0.25) is 15.9 Å². The van der Waals surface area contributed by atoms with Gasteiger partial charge in [0.05, 0.1) is 12.7 Å². The molecule has 0 unspecified atom stereocenters. The third-order valence-electron chi connectivity index (χ3n) is 5.09. The van der Waals surface area contributed by atoms with Crippen molar-refractivity contribution in [2.45, 2.75) is 6.42 Å². The highest BCUT2D eigenvalue weighted by Crippen LogP contribution is 2.43. The highest BCUT2D eigenvalue weighted by atomic mass is 32.2. The fourth-order valence-electron chi connectivity index (χ4n) is 3.65. The van der Waals surface area contributed by atoms with E-state index in [1.165, 1.54) is 33.5 Å². The minimum atomic E-state index is -3.48. The largest absolute Gasteiger partial charge is 0.481 e. The molecule has 1 N–H and O–H groups in total. The molecule has 1 aromatic rings. The molecule has 3 rings (SSSR count). The Morgan fingerprint density at radius 2 is 1.88 bits per heavy atom. The summed E-state index contributed by atoms with van der Waals surface area (Å²) < 4.78 is 37.6. The molecule has 7 nitrogen and oxygen atoms in total. The van der Waals surface area contributed by atoms with Gasteiger partial charge in [0.25, 0.3) is 0 Å². The maximum atomic E-state index is 12.9. The maximum Gasteiger partial charge on any atom is 0.313 e. The van der Waals surface area contributed by atoms with Gasteiger partial charge in [0, 0.05) is 32.1 Å². The first kappa shape index (κ1) is 17.8. The van der Waals surface area contributed by atoms with Crippen molar-refractivity contribution in [2.75, 3.05) is 32.4 Å². The molecule has 136 valence electrons. The number of nitrogens with zero attached hydrogens (tertiary/aromatic N) is 2. The lowest BCUT2D eigenvalue weighted by molar-refractivity contribution is -0.148. The first-order valence-electron chi connectivity index (χ1n) is 7.82. The molecule has 0 aromatic heterocycles. The van der Waals surface area contributed by atoms with Gasteiger partial charge in [-0.25, -0.2) is 17.1 Å². The van der Waals surface area contributed by atoms with Crippen molar-refractivity contribution in [2.24, 2.45) is 11.3 Å². The molecule has 2 fully saturated rings. The van der Waals surface area contributed by atoms with Crippen molar-refractivity contribution >= 4 is 21.9 Å². The van der Waals surface area contributed by atoms with Gasteiger partial charge in [-0.1, -0.05) is 12.1 Å². The summed E-state index contributed by atoms with van der Waals surface area (Å²) >= 11 is 0. The first-order valence-corrected chi connectivity index (χ1v) is 9.67. The van der Waals surface area contributed by atoms with Gasteiger partial charge in [-0.2, -0.15) is 0 Å². The zero-order chi connectivity index (χ0) is 18.4. The Labute approximate surface area is 145 Å². The van der Waals surface area contributed by atoms with Gasteiger partial charge in [0.1, 0.15) is 11.2 Å². The quantitative estimate of drug-likeness (QED) is 0.815. The third-order valence-corrected chi connectivity index (χ3v) is 6.31. The van der Waals surface area contributed by atoms with Crippen LogP contribution < -0.4 is 0 Å². The van der Waals surface area contributed by atoms with E-state index < -0.39 is 33.1 Å². The van der Waals surface area contributed by atoms with E-state index in [4.69, 9.17) is 0 Å². The van der Waals surface area contributed by atoms with E-state index in [2.05, 4.69) is 0 Å². The summed E-state index contributed by atoms with van der Waals surface area (Å²) in [6.45, 7) is 0.176. The fourth-order valence-corrected chi connectivity index (χ4v) is 4.57. The Bertz CT molecular complexity index is 810. The second-order valence-electron chi connectivity index (χ2n) is 6.79. The van der Waals surface area contributed by atoms with Crippen LogP contribution in [0, 0.1) is 17.2 Å². The van der Waals surface area contributed by atoms with Crippen LogP contribution in [0.15, 0.2) is 24.3 Å². The Balaban J connectivity index is 1.74. The minimum Gasteiger partial charge on any atom is -0.481 e. The predicted molar refractivity (Wildman–Crippen MR) is 86.7 cm³/mol. The summed E-state index contributed by atoms with van der Waals surface area (Å²) in [7, 11) is -3.48. The summed E-state index contributed by atoms with van der Waals surface area (Å²) in [6.07, 6.45) is 1.11. The molecule has 2 saturated heterocycles. The van der Waals surface area contributed by atoms with Crippen LogP contribution in [-0.2, 0) is 26.0 Å². The molecule has 2 aliphatic heterocycles.